The molecule has 1 heterocycles. The maximum absolute atomic E-state index is 13.6. The molecule has 3 N–H and O–H groups in total. The summed E-state index contributed by atoms with van der Waals surface area (Å²) < 4.78 is 29.4. The van der Waals surface area contributed by atoms with Gasteiger partial charge in [-0.05, 0) is 53.8 Å². The van der Waals surface area contributed by atoms with E-state index in [1.54, 1.807) is 12.1 Å². The van der Waals surface area contributed by atoms with Crippen LogP contribution in [-0.2, 0) is 30.7 Å². The molecule has 0 saturated heterocycles. The Hall–Kier alpha value is -3.40. The molecule has 2 atom stereocenters. The van der Waals surface area contributed by atoms with E-state index in [9.17, 15) is 23.5 Å². The van der Waals surface area contributed by atoms with Crippen molar-refractivity contribution in [2.45, 2.75) is 45.0 Å². The standard InChI is InChI=1S/C28H29F2N3O3S/c1-2-18-6-5-7-19(10-18)15-32(16-25(34)24(31)13-20-11-21(29)14-22(30)12-20)27(35)17-33-28(36)23-8-3-4-9-26(23)37-33/h3-12,14,24-25,34H,2,13,15-17,31H2,1H3/t24-,25+/m0/s1. The summed E-state index contributed by atoms with van der Waals surface area (Å²) in [7, 11) is 0. The van der Waals surface area contributed by atoms with Crippen LogP contribution in [0.1, 0.15) is 23.6 Å². The highest BCUT2D eigenvalue weighted by molar-refractivity contribution is 7.13. The van der Waals surface area contributed by atoms with Gasteiger partial charge in [-0.2, -0.15) is 0 Å². The predicted octanol–water partition coefficient (Wildman–Crippen LogP) is 3.86. The highest BCUT2D eigenvalue weighted by Gasteiger charge is 2.24. The molecule has 0 spiro atoms. The van der Waals surface area contributed by atoms with Crippen molar-refractivity contribution in [2.75, 3.05) is 6.54 Å². The molecule has 0 fully saturated rings. The molecule has 0 saturated carbocycles. The van der Waals surface area contributed by atoms with E-state index in [-0.39, 0.29) is 37.5 Å². The number of nitrogens with two attached hydrogens (primary N) is 1. The lowest BCUT2D eigenvalue weighted by Gasteiger charge is -2.28. The third kappa shape index (κ3) is 6.68. The molecule has 9 heteroatoms. The molecule has 37 heavy (non-hydrogen) atoms. The average Bonchev–Trinajstić information content (AvgIpc) is 3.18. The summed E-state index contributed by atoms with van der Waals surface area (Å²) >= 11 is 1.21. The van der Waals surface area contributed by atoms with Crippen molar-refractivity contribution in [3.63, 3.8) is 0 Å². The Bertz CT molecular complexity index is 1430. The number of benzene rings is 3. The van der Waals surface area contributed by atoms with Crippen molar-refractivity contribution < 1.29 is 18.7 Å². The first-order valence-corrected chi connectivity index (χ1v) is 12.8. The Balaban J connectivity index is 1.54. The minimum atomic E-state index is -1.16. The van der Waals surface area contributed by atoms with Crippen molar-refractivity contribution >= 4 is 27.5 Å². The van der Waals surface area contributed by atoms with Gasteiger partial charge in [0.25, 0.3) is 5.56 Å². The maximum atomic E-state index is 13.6. The first-order chi connectivity index (χ1) is 17.7. The molecule has 0 aliphatic heterocycles. The quantitative estimate of drug-likeness (QED) is 0.329. The van der Waals surface area contributed by atoms with Gasteiger partial charge in [0.05, 0.1) is 16.2 Å². The van der Waals surface area contributed by atoms with Crippen LogP contribution in [0.4, 0.5) is 8.78 Å². The zero-order chi connectivity index (χ0) is 26.5. The van der Waals surface area contributed by atoms with Crippen LogP contribution in [0, 0.1) is 11.6 Å². The zero-order valence-corrected chi connectivity index (χ0v) is 21.3. The Morgan fingerprint density at radius 3 is 2.43 bits per heavy atom. The number of aromatic nitrogens is 1. The molecular weight excluding hydrogens is 496 g/mol. The fourth-order valence-corrected chi connectivity index (χ4v) is 5.25. The molecule has 194 valence electrons. The molecule has 0 unspecified atom stereocenters. The average molecular weight is 526 g/mol. The van der Waals surface area contributed by atoms with Crippen molar-refractivity contribution in [1.82, 2.24) is 8.86 Å². The normalized spacial score (nSPS) is 13.0. The van der Waals surface area contributed by atoms with Gasteiger partial charge in [0.1, 0.15) is 18.2 Å². The highest BCUT2D eigenvalue weighted by Crippen LogP contribution is 2.18. The largest absolute Gasteiger partial charge is 0.390 e. The van der Waals surface area contributed by atoms with E-state index in [0.717, 1.165) is 28.3 Å². The molecule has 0 radical (unpaired) electrons. The molecule has 1 amide bonds. The number of carbonyl (C=O) groups is 1. The zero-order valence-electron chi connectivity index (χ0n) is 20.4. The minimum Gasteiger partial charge on any atom is -0.390 e. The fraction of sp³-hybridized carbons (Fsp3) is 0.286. The Labute approximate surface area is 217 Å². The number of aryl methyl sites for hydroxylation is 1. The van der Waals surface area contributed by atoms with E-state index in [4.69, 9.17) is 5.73 Å². The van der Waals surface area contributed by atoms with Crippen LogP contribution in [0.5, 0.6) is 0 Å². The van der Waals surface area contributed by atoms with Crippen molar-refractivity contribution in [2.24, 2.45) is 5.73 Å². The molecule has 0 bridgehead atoms. The van der Waals surface area contributed by atoms with Crippen LogP contribution in [0.25, 0.3) is 10.1 Å². The van der Waals surface area contributed by atoms with Gasteiger partial charge in [0.2, 0.25) is 5.91 Å². The predicted molar refractivity (Wildman–Crippen MR) is 141 cm³/mol. The summed E-state index contributed by atoms with van der Waals surface area (Å²) in [6, 6.07) is 17.2. The van der Waals surface area contributed by atoms with Crippen LogP contribution in [0.15, 0.2) is 71.5 Å². The lowest BCUT2D eigenvalue weighted by atomic mass is 10.0. The van der Waals surface area contributed by atoms with Gasteiger partial charge in [0, 0.05) is 25.2 Å². The molecule has 3 aromatic carbocycles. The molecule has 1 aromatic heterocycles. The number of hydrogen-bond acceptors (Lipinski definition) is 5. The highest BCUT2D eigenvalue weighted by atomic mass is 32.1. The number of halogens is 2. The number of carbonyl (C=O) groups excluding carboxylic acids is 1. The number of amides is 1. The van der Waals surface area contributed by atoms with Crippen LogP contribution in [0.2, 0.25) is 0 Å². The summed E-state index contributed by atoms with van der Waals surface area (Å²) in [5, 5.41) is 11.4. The summed E-state index contributed by atoms with van der Waals surface area (Å²) in [6.07, 6.45) is -0.306. The molecule has 6 nitrogen and oxygen atoms in total. The van der Waals surface area contributed by atoms with E-state index in [0.29, 0.717) is 10.9 Å². The van der Waals surface area contributed by atoms with E-state index in [1.807, 2.05) is 43.3 Å². The number of rotatable bonds is 10. The first-order valence-electron chi connectivity index (χ1n) is 12.1. The van der Waals surface area contributed by atoms with Gasteiger partial charge < -0.3 is 15.7 Å². The number of nitrogens with zero attached hydrogens (tertiary/aromatic N) is 2. The van der Waals surface area contributed by atoms with Gasteiger partial charge in [-0.3, -0.25) is 13.5 Å². The number of hydrogen-bond donors (Lipinski definition) is 2. The van der Waals surface area contributed by atoms with Gasteiger partial charge in [0.15, 0.2) is 0 Å². The van der Waals surface area contributed by atoms with E-state index in [1.165, 1.54) is 32.5 Å². The molecule has 0 aliphatic carbocycles. The molecule has 0 aliphatic rings. The monoisotopic (exact) mass is 525 g/mol. The third-order valence-corrected chi connectivity index (χ3v) is 7.32. The second-order valence-corrected chi connectivity index (χ2v) is 10.2. The van der Waals surface area contributed by atoms with Crippen molar-refractivity contribution in [3.05, 3.63) is 105 Å². The van der Waals surface area contributed by atoms with Gasteiger partial charge in [-0.15, -0.1) is 0 Å². The minimum absolute atomic E-state index is 0.0268. The van der Waals surface area contributed by atoms with Crippen molar-refractivity contribution in [1.29, 1.82) is 0 Å². The van der Waals surface area contributed by atoms with Crippen LogP contribution in [0.3, 0.4) is 0 Å². The lowest BCUT2D eigenvalue weighted by molar-refractivity contribution is -0.134. The first kappa shape index (κ1) is 26.7. The summed E-state index contributed by atoms with van der Waals surface area (Å²) in [6.45, 7) is 1.97. The van der Waals surface area contributed by atoms with E-state index in [2.05, 4.69) is 0 Å². The summed E-state index contributed by atoms with van der Waals surface area (Å²) in [4.78, 5) is 27.7. The van der Waals surface area contributed by atoms with Gasteiger partial charge in [-0.1, -0.05) is 54.9 Å². The fourth-order valence-electron chi connectivity index (χ4n) is 4.27. The number of aliphatic hydroxyl groups is 1. The second-order valence-electron chi connectivity index (χ2n) is 9.09. The maximum Gasteiger partial charge on any atom is 0.268 e. The molecule has 4 aromatic rings. The molecule has 4 rings (SSSR count). The molecular formula is C28H29F2N3O3S. The SMILES string of the molecule is CCc1cccc(CN(C[C@@H](O)[C@@H](N)Cc2cc(F)cc(F)c2)C(=O)Cn2sc3ccccc3c2=O)c1. The van der Waals surface area contributed by atoms with Crippen LogP contribution in [-0.4, -0.2) is 38.6 Å². The third-order valence-electron chi connectivity index (χ3n) is 6.25. The Kier molecular flexibility index (Phi) is 8.48. The summed E-state index contributed by atoms with van der Waals surface area (Å²) in [5.74, 6) is -1.80. The van der Waals surface area contributed by atoms with Gasteiger partial charge >= 0.3 is 0 Å². The van der Waals surface area contributed by atoms with E-state index < -0.39 is 23.8 Å². The number of fused-ring (bicyclic) bond motifs is 1. The van der Waals surface area contributed by atoms with Gasteiger partial charge in [-0.25, -0.2) is 8.78 Å². The van der Waals surface area contributed by atoms with Crippen LogP contribution >= 0.6 is 11.5 Å². The Morgan fingerprint density at radius 1 is 1.03 bits per heavy atom. The van der Waals surface area contributed by atoms with Crippen LogP contribution < -0.4 is 11.3 Å². The number of aliphatic hydroxyl groups excluding tert-OH is 1. The lowest BCUT2D eigenvalue weighted by Crippen LogP contribution is -2.47. The second kappa shape index (κ2) is 11.8. The summed E-state index contributed by atoms with van der Waals surface area (Å²) in [5.41, 5.74) is 8.24. The van der Waals surface area contributed by atoms with E-state index >= 15 is 0 Å². The smallest absolute Gasteiger partial charge is 0.268 e. The topological polar surface area (TPSA) is 88.6 Å². The Morgan fingerprint density at radius 2 is 1.73 bits per heavy atom. The van der Waals surface area contributed by atoms with Crippen molar-refractivity contribution in [3.8, 4) is 0 Å².